The predicted molar refractivity (Wildman–Crippen MR) is 156 cm³/mol. The molecule has 11 heteroatoms. The Morgan fingerprint density at radius 1 is 1.00 bits per heavy atom. The van der Waals surface area contributed by atoms with Crippen LogP contribution in [-0.4, -0.2) is 71.0 Å². The number of anilines is 1. The molecule has 10 nitrogen and oxygen atoms in total. The summed E-state index contributed by atoms with van der Waals surface area (Å²) in [5, 5.41) is 23.0. The summed E-state index contributed by atoms with van der Waals surface area (Å²) < 4.78 is 24.5. The highest BCUT2D eigenvalue weighted by molar-refractivity contribution is 7.91. The number of fused-ring (bicyclic) bond motifs is 1. The molecule has 3 atom stereocenters. The van der Waals surface area contributed by atoms with Crippen molar-refractivity contribution < 1.29 is 23.4 Å². The molecule has 1 aromatic carbocycles. The Morgan fingerprint density at radius 3 is 2.49 bits per heavy atom. The average molecular weight is 576 g/mol. The summed E-state index contributed by atoms with van der Waals surface area (Å²) in [4.78, 5) is 29.1. The second-order valence-electron chi connectivity index (χ2n) is 10.5. The molecule has 1 unspecified atom stereocenters. The van der Waals surface area contributed by atoms with Crippen molar-refractivity contribution >= 4 is 32.5 Å². The first kappa shape index (κ1) is 28.6. The minimum absolute atomic E-state index is 0.0145. The molecule has 0 spiro atoms. The van der Waals surface area contributed by atoms with Crippen LogP contribution in [0.4, 0.5) is 5.82 Å². The molecule has 1 amide bonds. The monoisotopic (exact) mass is 575 g/mol. The molecule has 1 aliphatic heterocycles. The molecule has 0 saturated carbocycles. The number of aromatic nitrogens is 3. The number of pyridine rings is 3. The summed E-state index contributed by atoms with van der Waals surface area (Å²) in [5.74, 6) is 0.301. The van der Waals surface area contributed by atoms with Crippen molar-refractivity contribution in [2.24, 2.45) is 11.8 Å². The van der Waals surface area contributed by atoms with Crippen molar-refractivity contribution in [2.75, 3.05) is 30.3 Å². The van der Waals surface area contributed by atoms with E-state index in [0.717, 1.165) is 30.0 Å². The van der Waals surface area contributed by atoms with Crippen molar-refractivity contribution in [1.29, 1.82) is 0 Å². The third-order valence-corrected chi connectivity index (χ3v) is 9.07. The normalized spacial score (nSPS) is 19.3. The number of nitrogens with one attached hydrogen (secondary N) is 1. The van der Waals surface area contributed by atoms with Crippen LogP contribution < -0.4 is 10.2 Å². The zero-order valence-corrected chi connectivity index (χ0v) is 23.8. The van der Waals surface area contributed by atoms with E-state index in [1.165, 1.54) is 24.3 Å². The Labute approximate surface area is 239 Å². The number of carbonyl (C=O) groups excluding carboxylic acids is 1. The van der Waals surface area contributed by atoms with Crippen molar-refractivity contribution in [1.82, 2.24) is 20.3 Å². The topological polar surface area (TPSA) is 146 Å². The molecule has 3 aromatic heterocycles. The highest BCUT2D eigenvalue weighted by atomic mass is 32.2. The highest BCUT2D eigenvalue weighted by Gasteiger charge is 2.31. The van der Waals surface area contributed by atoms with Gasteiger partial charge in [0.25, 0.3) is 5.91 Å². The number of carbonyl (C=O) groups is 1. The van der Waals surface area contributed by atoms with Crippen LogP contribution in [0.15, 0.2) is 71.8 Å². The molecule has 5 rings (SSSR count). The molecule has 4 heterocycles. The van der Waals surface area contributed by atoms with Gasteiger partial charge in [0.2, 0.25) is 0 Å². The summed E-state index contributed by atoms with van der Waals surface area (Å²) in [6.45, 7) is 5.20. The molecule has 0 bridgehead atoms. The minimum atomic E-state index is -3.67. The van der Waals surface area contributed by atoms with Crippen molar-refractivity contribution in [3.63, 3.8) is 0 Å². The van der Waals surface area contributed by atoms with E-state index in [4.69, 9.17) is 15.1 Å². The maximum absolute atomic E-state index is 12.8. The number of nitrogens with zero attached hydrogens (tertiary/aromatic N) is 4. The molecule has 4 aromatic rings. The summed E-state index contributed by atoms with van der Waals surface area (Å²) in [6, 6.07) is 17.2. The van der Waals surface area contributed by atoms with Crippen molar-refractivity contribution in [3.8, 4) is 11.4 Å². The van der Waals surface area contributed by atoms with Gasteiger partial charge in [0.05, 0.1) is 52.5 Å². The van der Waals surface area contributed by atoms with Crippen LogP contribution in [-0.2, 0) is 16.4 Å². The van der Waals surface area contributed by atoms with Crippen LogP contribution in [0.5, 0.6) is 0 Å². The van der Waals surface area contributed by atoms with Crippen LogP contribution in [0.1, 0.15) is 29.9 Å². The number of piperidine rings is 1. The molecule has 1 fully saturated rings. The lowest BCUT2D eigenvalue weighted by Crippen LogP contribution is -2.47. The lowest BCUT2D eigenvalue weighted by molar-refractivity contribution is 0.0527. The smallest absolute Gasteiger partial charge is 0.251 e. The first-order valence-corrected chi connectivity index (χ1v) is 15.2. The van der Waals surface area contributed by atoms with Gasteiger partial charge in [-0.3, -0.25) is 9.78 Å². The summed E-state index contributed by atoms with van der Waals surface area (Å²) in [6.07, 6.45) is 1.38. The van der Waals surface area contributed by atoms with E-state index in [-0.39, 0.29) is 34.9 Å². The minimum Gasteiger partial charge on any atom is -0.395 e. The van der Waals surface area contributed by atoms with E-state index in [2.05, 4.69) is 29.0 Å². The fraction of sp³-hybridized carbons (Fsp3) is 0.333. The second kappa shape index (κ2) is 11.9. The second-order valence-corrected chi connectivity index (χ2v) is 12.7. The van der Waals surface area contributed by atoms with Crippen molar-refractivity contribution in [3.05, 3.63) is 78.1 Å². The molecule has 0 radical (unpaired) electrons. The molecule has 1 aliphatic rings. The number of hydrogen-bond acceptors (Lipinski definition) is 9. The fourth-order valence-corrected chi connectivity index (χ4v) is 6.18. The largest absolute Gasteiger partial charge is 0.395 e. The lowest BCUT2D eigenvalue weighted by Gasteiger charge is -2.39. The zero-order valence-electron chi connectivity index (χ0n) is 22.9. The zero-order chi connectivity index (χ0) is 29.1. The maximum Gasteiger partial charge on any atom is 0.251 e. The Morgan fingerprint density at radius 2 is 1.73 bits per heavy atom. The van der Waals surface area contributed by atoms with Gasteiger partial charge >= 0.3 is 0 Å². The standard InChI is InChI=1S/C30H33N5O5S/c1-19-17-35(18-20(2)29(19)37)28-8-4-7-25(34-28)26-10-9-22-15-31-23(14-27(22)33-26)16-32-30(38)21-5-3-6-24(13-21)41(39,40)12-11-36/h3-10,13-15,19-20,29,36-37H,11-12,16-18H2,1-2H3,(H,32,38)/t19-,20+,29?. The predicted octanol–water partition coefficient (Wildman–Crippen LogP) is 2.84. The average Bonchev–Trinajstić information content (AvgIpc) is 2.98. The molecule has 41 heavy (non-hydrogen) atoms. The SMILES string of the molecule is C[C@@H]1CN(c2cccc(-c3ccc4cnc(CNC(=O)c5cccc(S(=O)(=O)CCO)c5)cc4n3)n2)C[C@H](C)C1O. The number of hydrogen-bond donors (Lipinski definition) is 3. The van der Waals surface area contributed by atoms with Crippen LogP contribution in [0.3, 0.4) is 0 Å². The first-order chi connectivity index (χ1) is 19.6. The molecule has 1 saturated heterocycles. The van der Waals surface area contributed by atoms with Gasteiger partial charge in [0.1, 0.15) is 5.82 Å². The van der Waals surface area contributed by atoms with Crippen LogP contribution in [0.25, 0.3) is 22.3 Å². The molecule has 0 aliphatic carbocycles. The van der Waals surface area contributed by atoms with E-state index in [0.29, 0.717) is 16.9 Å². The van der Waals surface area contributed by atoms with E-state index in [1.54, 1.807) is 12.3 Å². The summed E-state index contributed by atoms with van der Waals surface area (Å²) >= 11 is 0. The third kappa shape index (κ3) is 6.37. The van der Waals surface area contributed by atoms with Crippen LogP contribution >= 0.6 is 0 Å². The molecule has 3 N–H and O–H groups in total. The van der Waals surface area contributed by atoms with Gasteiger partial charge in [-0.1, -0.05) is 26.0 Å². The highest BCUT2D eigenvalue weighted by Crippen LogP contribution is 2.28. The van der Waals surface area contributed by atoms with Gasteiger partial charge in [-0.2, -0.15) is 0 Å². The third-order valence-electron chi connectivity index (χ3n) is 7.38. The number of benzene rings is 1. The lowest BCUT2D eigenvalue weighted by atomic mass is 9.88. The number of sulfone groups is 1. The number of amides is 1. The maximum atomic E-state index is 12.8. The molecular weight excluding hydrogens is 542 g/mol. The van der Waals surface area contributed by atoms with Gasteiger partial charge in [-0.25, -0.2) is 18.4 Å². The van der Waals surface area contributed by atoms with Crippen LogP contribution in [0.2, 0.25) is 0 Å². The number of aliphatic hydroxyl groups is 2. The van der Waals surface area contributed by atoms with Gasteiger partial charge < -0.3 is 20.4 Å². The van der Waals surface area contributed by atoms with Crippen LogP contribution in [0, 0.1) is 11.8 Å². The molecule has 214 valence electrons. The Bertz CT molecular complexity index is 1670. The van der Waals surface area contributed by atoms with Gasteiger partial charge in [-0.05, 0) is 60.4 Å². The van der Waals surface area contributed by atoms with Gasteiger partial charge in [0, 0.05) is 30.2 Å². The Hall–Kier alpha value is -3.93. The first-order valence-electron chi connectivity index (χ1n) is 13.5. The van der Waals surface area contributed by atoms with E-state index in [1.807, 2.05) is 30.3 Å². The quantitative estimate of drug-likeness (QED) is 0.289. The summed E-state index contributed by atoms with van der Waals surface area (Å²) in [5.41, 5.74) is 2.94. The van der Waals surface area contributed by atoms with Gasteiger partial charge in [-0.15, -0.1) is 0 Å². The number of rotatable bonds is 8. The molecular formula is C30H33N5O5S. The van der Waals surface area contributed by atoms with E-state index in [9.17, 15) is 18.3 Å². The van der Waals surface area contributed by atoms with Gasteiger partial charge in [0.15, 0.2) is 9.84 Å². The van der Waals surface area contributed by atoms with E-state index < -0.39 is 28.1 Å². The number of aliphatic hydroxyl groups excluding tert-OH is 2. The van der Waals surface area contributed by atoms with Crippen molar-refractivity contribution in [2.45, 2.75) is 31.4 Å². The fourth-order valence-electron chi connectivity index (χ4n) is 5.11. The Kier molecular flexibility index (Phi) is 8.30. The summed E-state index contributed by atoms with van der Waals surface area (Å²) in [7, 11) is -3.67. The van der Waals surface area contributed by atoms with E-state index >= 15 is 0 Å². The Balaban J connectivity index is 1.32.